The van der Waals surface area contributed by atoms with Crippen LogP contribution in [-0.2, 0) is 14.8 Å². The fraction of sp³-hybridized carbons (Fsp3) is 0.222. The van der Waals surface area contributed by atoms with Gasteiger partial charge in [-0.3, -0.25) is 9.59 Å². The number of rotatable bonds is 5. The van der Waals surface area contributed by atoms with E-state index in [1.54, 1.807) is 24.3 Å². The Morgan fingerprint density at radius 1 is 1.24 bits per heavy atom. The second-order valence-corrected chi connectivity index (χ2v) is 10.3. The van der Waals surface area contributed by atoms with Crippen molar-refractivity contribution in [2.45, 2.75) is 23.1 Å². The van der Waals surface area contributed by atoms with Gasteiger partial charge in [0.2, 0.25) is 11.7 Å². The van der Waals surface area contributed by atoms with Gasteiger partial charge in [0.25, 0.3) is 15.9 Å². The summed E-state index contributed by atoms with van der Waals surface area (Å²) in [5.74, 6) is -1.57. The second-order valence-electron chi connectivity index (χ2n) is 6.49. The van der Waals surface area contributed by atoms with Crippen LogP contribution in [0.1, 0.15) is 23.4 Å². The third-order valence-corrected chi connectivity index (χ3v) is 8.29. The van der Waals surface area contributed by atoms with Crippen LogP contribution in [0.25, 0.3) is 11.0 Å². The molecular weight excluding hydrogens is 438 g/mol. The van der Waals surface area contributed by atoms with Gasteiger partial charge in [-0.05, 0) is 37.1 Å². The lowest BCUT2D eigenvalue weighted by Gasteiger charge is -2.22. The van der Waals surface area contributed by atoms with Gasteiger partial charge < -0.3 is 15.5 Å². The van der Waals surface area contributed by atoms with Crippen LogP contribution in [0.4, 0.5) is 5.69 Å². The summed E-state index contributed by atoms with van der Waals surface area (Å²) in [4.78, 5) is 24.8. The minimum absolute atomic E-state index is 0.0776. The van der Waals surface area contributed by atoms with Gasteiger partial charge in [-0.2, -0.15) is 4.31 Å². The fourth-order valence-electron chi connectivity index (χ4n) is 3.39. The first-order valence-electron chi connectivity index (χ1n) is 8.68. The van der Waals surface area contributed by atoms with Crippen molar-refractivity contribution in [2.75, 3.05) is 11.9 Å². The van der Waals surface area contributed by atoms with Gasteiger partial charge >= 0.3 is 0 Å². The molecule has 3 aromatic rings. The van der Waals surface area contributed by atoms with E-state index >= 15 is 0 Å². The maximum atomic E-state index is 13.0. The zero-order valence-electron chi connectivity index (χ0n) is 14.9. The zero-order valence-corrected chi connectivity index (χ0v) is 17.3. The van der Waals surface area contributed by atoms with Crippen molar-refractivity contribution in [3.05, 3.63) is 46.5 Å². The Morgan fingerprint density at radius 2 is 2.00 bits per heavy atom. The Bertz CT molecular complexity index is 1220. The molecule has 1 fully saturated rings. The molecule has 1 aliphatic heterocycles. The predicted molar refractivity (Wildman–Crippen MR) is 110 cm³/mol. The fourth-order valence-corrected chi connectivity index (χ4v) is 6.66. The minimum atomic E-state index is -3.87. The third-order valence-electron chi connectivity index (χ3n) is 4.69. The second kappa shape index (κ2) is 7.45. The molecule has 0 unspecified atom stereocenters. The standard InChI is InChI=1S/C18H16ClN3O5S2/c19-13-7-8-14(28-13)29(25,26)22-9-3-5-11(22)18(24)21-15-10-4-1-2-6-12(10)27-16(15)17(20)23/h1-2,4,6-8,11H,3,5,9H2,(H2,20,23)(H,21,24)/t11-/m1/s1. The molecule has 11 heteroatoms. The molecule has 152 valence electrons. The maximum absolute atomic E-state index is 13.0. The zero-order chi connectivity index (χ0) is 20.8. The number of benzene rings is 1. The van der Waals surface area contributed by atoms with Crippen LogP contribution < -0.4 is 11.1 Å². The third kappa shape index (κ3) is 3.52. The number of nitrogens with two attached hydrogens (primary N) is 1. The molecule has 0 saturated carbocycles. The van der Waals surface area contributed by atoms with E-state index in [-0.39, 0.29) is 22.2 Å². The predicted octanol–water partition coefficient (Wildman–Crippen LogP) is 3.04. The van der Waals surface area contributed by atoms with E-state index in [4.69, 9.17) is 21.8 Å². The number of furan rings is 1. The first-order valence-corrected chi connectivity index (χ1v) is 11.3. The van der Waals surface area contributed by atoms with E-state index < -0.39 is 27.9 Å². The molecule has 8 nitrogen and oxygen atoms in total. The molecule has 0 spiro atoms. The van der Waals surface area contributed by atoms with Crippen LogP contribution in [0.5, 0.6) is 0 Å². The summed E-state index contributed by atoms with van der Waals surface area (Å²) in [6.45, 7) is 0.213. The van der Waals surface area contributed by atoms with Crippen LogP contribution in [-0.4, -0.2) is 37.1 Å². The molecule has 1 saturated heterocycles. The van der Waals surface area contributed by atoms with Crippen molar-refractivity contribution in [3.8, 4) is 0 Å². The van der Waals surface area contributed by atoms with Gasteiger partial charge in [0, 0.05) is 11.9 Å². The number of amides is 2. The van der Waals surface area contributed by atoms with E-state index in [2.05, 4.69) is 5.32 Å². The molecule has 1 atom stereocenters. The van der Waals surface area contributed by atoms with Gasteiger partial charge in [0.15, 0.2) is 0 Å². The van der Waals surface area contributed by atoms with Crippen molar-refractivity contribution in [2.24, 2.45) is 5.73 Å². The number of primary amides is 1. The van der Waals surface area contributed by atoms with Gasteiger partial charge in [-0.15, -0.1) is 11.3 Å². The van der Waals surface area contributed by atoms with Crippen molar-refractivity contribution < 1.29 is 22.4 Å². The van der Waals surface area contributed by atoms with Crippen LogP contribution in [0.3, 0.4) is 0 Å². The van der Waals surface area contributed by atoms with Gasteiger partial charge in [-0.1, -0.05) is 23.7 Å². The van der Waals surface area contributed by atoms with Gasteiger partial charge in [-0.25, -0.2) is 8.42 Å². The number of carbonyl (C=O) groups excluding carboxylic acids is 2. The SMILES string of the molecule is NC(=O)c1oc2ccccc2c1NC(=O)[C@H]1CCCN1S(=O)(=O)c1ccc(Cl)s1. The Balaban J connectivity index is 1.66. The Kier molecular flexibility index (Phi) is 5.11. The number of halogens is 1. The molecule has 0 radical (unpaired) electrons. The Morgan fingerprint density at radius 3 is 2.69 bits per heavy atom. The van der Waals surface area contributed by atoms with Crippen LogP contribution in [0.2, 0.25) is 4.34 Å². The van der Waals surface area contributed by atoms with E-state index in [9.17, 15) is 18.0 Å². The summed E-state index contributed by atoms with van der Waals surface area (Å²) in [6.07, 6.45) is 0.886. The van der Waals surface area contributed by atoms with E-state index in [1.165, 1.54) is 12.1 Å². The summed E-state index contributed by atoms with van der Waals surface area (Å²) < 4.78 is 33.0. The molecule has 1 aromatic carbocycles. The number of thiophene rings is 1. The number of anilines is 1. The first-order chi connectivity index (χ1) is 13.8. The number of para-hydroxylation sites is 1. The lowest BCUT2D eigenvalue weighted by molar-refractivity contribution is -0.119. The van der Waals surface area contributed by atoms with Crippen LogP contribution in [0, 0.1) is 0 Å². The summed E-state index contributed by atoms with van der Waals surface area (Å²) >= 11 is 6.81. The summed E-state index contributed by atoms with van der Waals surface area (Å²) in [7, 11) is -3.87. The van der Waals surface area contributed by atoms with E-state index in [0.717, 1.165) is 15.6 Å². The number of hydrogen-bond acceptors (Lipinski definition) is 6. The van der Waals surface area contributed by atoms with E-state index in [0.29, 0.717) is 28.1 Å². The lowest BCUT2D eigenvalue weighted by atomic mass is 10.2. The number of carbonyl (C=O) groups is 2. The molecule has 2 amide bonds. The summed E-state index contributed by atoms with van der Waals surface area (Å²) in [5, 5.41) is 3.16. The average molecular weight is 454 g/mol. The topological polar surface area (TPSA) is 123 Å². The molecule has 1 aliphatic rings. The molecule has 0 bridgehead atoms. The number of nitrogens with zero attached hydrogens (tertiary/aromatic N) is 1. The Labute approximate surface area is 175 Å². The molecule has 2 aromatic heterocycles. The normalized spacial score (nSPS) is 17.6. The highest BCUT2D eigenvalue weighted by molar-refractivity contribution is 7.91. The van der Waals surface area contributed by atoms with Crippen LogP contribution in [0.15, 0.2) is 45.0 Å². The highest BCUT2D eigenvalue weighted by Gasteiger charge is 2.40. The summed E-state index contributed by atoms with van der Waals surface area (Å²) in [6, 6.07) is 8.77. The molecule has 3 N–H and O–H groups in total. The quantitative estimate of drug-likeness (QED) is 0.614. The molecule has 3 heterocycles. The van der Waals surface area contributed by atoms with Crippen molar-refractivity contribution in [3.63, 3.8) is 0 Å². The number of hydrogen-bond donors (Lipinski definition) is 2. The van der Waals surface area contributed by atoms with Crippen LogP contribution >= 0.6 is 22.9 Å². The maximum Gasteiger partial charge on any atom is 0.286 e. The lowest BCUT2D eigenvalue weighted by Crippen LogP contribution is -2.43. The molecular formula is C18H16ClN3O5S2. The van der Waals surface area contributed by atoms with Gasteiger partial charge in [0.05, 0.1) is 4.34 Å². The van der Waals surface area contributed by atoms with Crippen molar-refractivity contribution in [1.29, 1.82) is 0 Å². The number of fused-ring (bicyclic) bond motifs is 1. The molecule has 4 rings (SSSR count). The molecule has 0 aliphatic carbocycles. The molecule has 29 heavy (non-hydrogen) atoms. The van der Waals surface area contributed by atoms with Crippen molar-refractivity contribution in [1.82, 2.24) is 4.31 Å². The smallest absolute Gasteiger partial charge is 0.286 e. The largest absolute Gasteiger partial charge is 0.449 e. The monoisotopic (exact) mass is 453 g/mol. The van der Waals surface area contributed by atoms with Crippen molar-refractivity contribution >= 4 is 61.4 Å². The van der Waals surface area contributed by atoms with E-state index in [1.807, 2.05) is 0 Å². The Hall–Kier alpha value is -2.40. The number of nitrogens with one attached hydrogen (secondary N) is 1. The minimum Gasteiger partial charge on any atom is -0.449 e. The van der Waals surface area contributed by atoms with Gasteiger partial charge in [0.1, 0.15) is 21.5 Å². The highest BCUT2D eigenvalue weighted by Crippen LogP contribution is 2.34. The highest BCUT2D eigenvalue weighted by atomic mass is 35.5. The summed E-state index contributed by atoms with van der Waals surface area (Å²) in [5.41, 5.74) is 5.91. The number of sulfonamides is 1. The first kappa shape index (κ1) is 19.9. The average Bonchev–Trinajstić information content (AvgIpc) is 3.40.